The molecule has 2 aromatic heterocycles. The molecule has 4 rings (SSSR count). The molecule has 36 heavy (non-hydrogen) atoms. The Morgan fingerprint density at radius 3 is 2.75 bits per heavy atom. The largest absolute Gasteiger partial charge is 0.454 e. The molecule has 2 N–H and O–H groups in total. The van der Waals surface area contributed by atoms with Crippen molar-refractivity contribution in [2.24, 2.45) is 5.92 Å². The Morgan fingerprint density at radius 2 is 2.06 bits per heavy atom. The summed E-state index contributed by atoms with van der Waals surface area (Å²) in [7, 11) is 0. The highest BCUT2D eigenvalue weighted by Gasteiger charge is 2.29. The van der Waals surface area contributed by atoms with E-state index in [9.17, 15) is 14.7 Å². The van der Waals surface area contributed by atoms with Gasteiger partial charge >= 0.3 is 0 Å². The van der Waals surface area contributed by atoms with Crippen molar-refractivity contribution in [1.82, 2.24) is 19.6 Å². The number of carbonyl (C=O) groups is 1. The van der Waals surface area contributed by atoms with Gasteiger partial charge in [-0.25, -0.2) is 4.68 Å². The van der Waals surface area contributed by atoms with Crippen molar-refractivity contribution in [2.45, 2.75) is 51.3 Å². The van der Waals surface area contributed by atoms with E-state index in [1.165, 1.54) is 16.9 Å². The van der Waals surface area contributed by atoms with E-state index in [2.05, 4.69) is 15.5 Å². The van der Waals surface area contributed by atoms with Crippen LogP contribution in [0.15, 0.2) is 53.6 Å². The zero-order valence-electron chi connectivity index (χ0n) is 20.3. The van der Waals surface area contributed by atoms with Gasteiger partial charge in [-0.2, -0.15) is 10.2 Å². The molecule has 192 valence electrons. The third kappa shape index (κ3) is 6.93. The molecule has 1 aliphatic heterocycles. The Hall–Kier alpha value is -3.21. The van der Waals surface area contributed by atoms with E-state index in [0.29, 0.717) is 36.2 Å². The highest BCUT2D eigenvalue weighted by atomic mass is 35.5. The highest BCUT2D eigenvalue weighted by Crippen LogP contribution is 2.29. The van der Waals surface area contributed by atoms with Gasteiger partial charge in [0.25, 0.3) is 11.5 Å². The number of aliphatic hydroxyl groups is 1. The van der Waals surface area contributed by atoms with E-state index >= 15 is 0 Å². The molecule has 0 spiro atoms. The molecule has 0 bridgehead atoms. The smallest absolute Gasteiger partial charge is 0.271 e. The van der Waals surface area contributed by atoms with Crippen LogP contribution in [0.3, 0.4) is 0 Å². The topological polar surface area (TPSA) is 120 Å². The number of hydrogen-bond donors (Lipinski definition) is 2. The number of nitrogens with zero attached hydrogens (tertiary/aromatic N) is 4. The van der Waals surface area contributed by atoms with Crippen molar-refractivity contribution in [3.05, 3.63) is 64.2 Å². The SMILES string of the molecule is CC(C)(O)Cn1ccc(NC(=O)C(CC2CCOCC2)n2ncc(Oc3ccccc3Cl)cc2=O)n1. The lowest BCUT2D eigenvalue weighted by Gasteiger charge is -2.26. The molecule has 3 aromatic rings. The van der Waals surface area contributed by atoms with Crippen LogP contribution in [-0.2, 0) is 16.1 Å². The van der Waals surface area contributed by atoms with Crippen molar-refractivity contribution in [2.75, 3.05) is 18.5 Å². The van der Waals surface area contributed by atoms with Gasteiger partial charge < -0.3 is 19.9 Å². The second-order valence-electron chi connectivity index (χ2n) is 9.51. The first-order valence-corrected chi connectivity index (χ1v) is 12.2. The number of halogens is 1. The summed E-state index contributed by atoms with van der Waals surface area (Å²) in [5, 5.41) is 21.8. The van der Waals surface area contributed by atoms with Crippen molar-refractivity contribution in [1.29, 1.82) is 0 Å². The third-order valence-corrected chi connectivity index (χ3v) is 6.11. The van der Waals surface area contributed by atoms with Crippen molar-refractivity contribution in [3.8, 4) is 11.5 Å². The summed E-state index contributed by atoms with van der Waals surface area (Å²) in [4.78, 5) is 26.4. The fourth-order valence-electron chi connectivity index (χ4n) is 4.08. The molecule has 0 aliphatic carbocycles. The van der Waals surface area contributed by atoms with Crippen molar-refractivity contribution in [3.63, 3.8) is 0 Å². The zero-order chi connectivity index (χ0) is 25.7. The minimum absolute atomic E-state index is 0.204. The van der Waals surface area contributed by atoms with E-state index in [1.807, 2.05) is 0 Å². The summed E-state index contributed by atoms with van der Waals surface area (Å²) in [6.07, 6.45) is 5.09. The van der Waals surface area contributed by atoms with Crippen LogP contribution in [-0.4, -0.2) is 49.4 Å². The van der Waals surface area contributed by atoms with Gasteiger partial charge in [0.2, 0.25) is 0 Å². The third-order valence-electron chi connectivity index (χ3n) is 5.80. The molecule has 1 saturated heterocycles. The van der Waals surface area contributed by atoms with E-state index in [-0.39, 0.29) is 18.2 Å². The van der Waals surface area contributed by atoms with E-state index in [4.69, 9.17) is 21.1 Å². The van der Waals surface area contributed by atoms with Gasteiger partial charge in [-0.1, -0.05) is 23.7 Å². The molecule has 1 atom stereocenters. The highest BCUT2D eigenvalue weighted by molar-refractivity contribution is 6.32. The van der Waals surface area contributed by atoms with E-state index < -0.39 is 23.1 Å². The van der Waals surface area contributed by atoms with Gasteiger partial charge in [0.1, 0.15) is 11.8 Å². The van der Waals surface area contributed by atoms with Gasteiger partial charge in [-0.05, 0) is 51.2 Å². The molecular formula is C25H30ClN5O5. The summed E-state index contributed by atoms with van der Waals surface area (Å²) in [5.41, 5.74) is -1.43. The Morgan fingerprint density at radius 1 is 1.31 bits per heavy atom. The van der Waals surface area contributed by atoms with Crippen LogP contribution in [0, 0.1) is 5.92 Å². The van der Waals surface area contributed by atoms with Crippen LogP contribution in [0.5, 0.6) is 11.5 Å². The maximum atomic E-state index is 13.4. The molecule has 1 unspecified atom stereocenters. The van der Waals surface area contributed by atoms with Gasteiger partial charge in [-0.15, -0.1) is 0 Å². The van der Waals surface area contributed by atoms with Gasteiger partial charge in [-0.3, -0.25) is 14.3 Å². The molecule has 1 aliphatic rings. The summed E-state index contributed by atoms with van der Waals surface area (Å²) >= 11 is 6.15. The number of hydrogen-bond acceptors (Lipinski definition) is 7. The summed E-state index contributed by atoms with van der Waals surface area (Å²) in [6.45, 7) is 4.85. The van der Waals surface area contributed by atoms with Crippen LogP contribution in [0.4, 0.5) is 5.82 Å². The molecular weight excluding hydrogens is 486 g/mol. The van der Waals surface area contributed by atoms with Crippen LogP contribution in [0.2, 0.25) is 5.02 Å². The second kappa shape index (κ2) is 11.2. The number of rotatable bonds is 9. The molecule has 1 aromatic carbocycles. The Balaban J connectivity index is 1.55. The van der Waals surface area contributed by atoms with Crippen molar-refractivity contribution >= 4 is 23.3 Å². The maximum absolute atomic E-state index is 13.4. The minimum Gasteiger partial charge on any atom is -0.454 e. The van der Waals surface area contributed by atoms with Crippen LogP contribution < -0.4 is 15.6 Å². The van der Waals surface area contributed by atoms with E-state index in [0.717, 1.165) is 12.8 Å². The summed E-state index contributed by atoms with van der Waals surface area (Å²) in [5.74, 6) is 0.753. The van der Waals surface area contributed by atoms with E-state index in [1.54, 1.807) is 55.1 Å². The average molecular weight is 516 g/mol. The standard InChI is InChI=1S/C25H30ClN5O5/c1-25(2,34)16-30-10-7-22(29-30)28-24(33)20(13-17-8-11-35-12-9-17)31-23(32)14-18(15-27-31)36-21-6-4-3-5-19(21)26/h3-7,10,14-15,17,20,34H,8-9,11-13,16H2,1-2H3,(H,28,29,33). The Kier molecular flexibility index (Phi) is 8.07. The number of aromatic nitrogens is 4. The first-order chi connectivity index (χ1) is 17.2. The molecule has 0 radical (unpaired) electrons. The van der Waals surface area contributed by atoms with Crippen LogP contribution >= 0.6 is 11.6 Å². The van der Waals surface area contributed by atoms with Gasteiger partial charge in [0.15, 0.2) is 11.6 Å². The Bertz CT molecular complexity index is 1250. The second-order valence-corrected chi connectivity index (χ2v) is 9.92. The van der Waals surface area contributed by atoms with Crippen LogP contribution in [0.1, 0.15) is 39.2 Å². The Labute approximate surface area is 213 Å². The summed E-state index contributed by atoms with van der Waals surface area (Å²) in [6, 6.07) is 9.00. The molecule has 10 nitrogen and oxygen atoms in total. The predicted octanol–water partition coefficient (Wildman–Crippen LogP) is 3.65. The molecule has 0 saturated carbocycles. The fourth-order valence-corrected chi connectivity index (χ4v) is 4.26. The number of benzene rings is 1. The minimum atomic E-state index is -0.954. The number of ether oxygens (including phenoxy) is 2. The zero-order valence-corrected chi connectivity index (χ0v) is 21.0. The number of carbonyl (C=O) groups excluding carboxylic acids is 1. The first kappa shape index (κ1) is 25.9. The summed E-state index contributed by atoms with van der Waals surface area (Å²) < 4.78 is 13.9. The lowest BCUT2D eigenvalue weighted by molar-refractivity contribution is -0.120. The van der Waals surface area contributed by atoms with Crippen LogP contribution in [0.25, 0.3) is 0 Å². The predicted molar refractivity (Wildman–Crippen MR) is 134 cm³/mol. The molecule has 11 heteroatoms. The van der Waals surface area contributed by atoms with Gasteiger partial charge in [0.05, 0.1) is 23.4 Å². The van der Waals surface area contributed by atoms with Gasteiger partial charge in [0, 0.05) is 31.5 Å². The lowest BCUT2D eigenvalue weighted by atomic mass is 9.92. The maximum Gasteiger partial charge on any atom is 0.271 e. The first-order valence-electron chi connectivity index (χ1n) is 11.8. The monoisotopic (exact) mass is 515 g/mol. The number of para-hydroxylation sites is 1. The molecule has 3 heterocycles. The number of anilines is 1. The lowest BCUT2D eigenvalue weighted by Crippen LogP contribution is -2.36. The fraction of sp³-hybridized carbons (Fsp3) is 0.440. The molecule has 1 fully saturated rings. The number of amides is 1. The average Bonchev–Trinajstić information content (AvgIpc) is 3.25. The quantitative estimate of drug-likeness (QED) is 0.446. The normalized spacial score (nSPS) is 15.4. The van der Waals surface area contributed by atoms with Crippen molar-refractivity contribution < 1.29 is 19.4 Å². The number of nitrogens with one attached hydrogen (secondary N) is 1. The molecule has 1 amide bonds.